The van der Waals surface area contributed by atoms with E-state index >= 15 is 0 Å². The van der Waals surface area contributed by atoms with E-state index in [-0.39, 0.29) is 13.0 Å². The van der Waals surface area contributed by atoms with Crippen LogP contribution in [0.3, 0.4) is 0 Å². The first-order valence-corrected chi connectivity index (χ1v) is 5.68. The standard InChI is InChI=1S/C12H18N2O4/c1-12(2,3)18-9(15)5-6-14-8-7-13(4)10(16)11(14)17/h7-8H,5-6H2,1-4H3. The molecule has 0 amide bonds. The van der Waals surface area contributed by atoms with Gasteiger partial charge in [-0.1, -0.05) is 0 Å². The van der Waals surface area contributed by atoms with E-state index in [0.29, 0.717) is 0 Å². The van der Waals surface area contributed by atoms with Gasteiger partial charge in [-0.3, -0.25) is 14.4 Å². The number of nitrogens with zero attached hydrogens (tertiary/aromatic N) is 2. The Kier molecular flexibility index (Phi) is 4.11. The van der Waals surface area contributed by atoms with Gasteiger partial charge in [0.2, 0.25) is 0 Å². The summed E-state index contributed by atoms with van der Waals surface area (Å²) in [5.41, 5.74) is -1.79. The number of carbonyl (C=O) groups is 1. The summed E-state index contributed by atoms with van der Waals surface area (Å²) >= 11 is 0. The van der Waals surface area contributed by atoms with Crippen molar-refractivity contribution in [2.24, 2.45) is 7.05 Å². The predicted octanol–water partition coefficient (Wildman–Crippen LogP) is 0.279. The Bertz CT molecular complexity index is 548. The first-order valence-electron chi connectivity index (χ1n) is 5.68. The molecule has 0 unspecified atom stereocenters. The van der Waals surface area contributed by atoms with Gasteiger partial charge in [-0.25, -0.2) is 0 Å². The molecule has 0 bridgehead atoms. The lowest BCUT2D eigenvalue weighted by Gasteiger charge is -2.19. The van der Waals surface area contributed by atoms with Crippen molar-refractivity contribution in [1.82, 2.24) is 9.13 Å². The van der Waals surface area contributed by atoms with Crippen LogP contribution >= 0.6 is 0 Å². The molecule has 0 radical (unpaired) electrons. The van der Waals surface area contributed by atoms with E-state index in [1.54, 1.807) is 20.8 Å². The molecule has 1 aromatic rings. The van der Waals surface area contributed by atoms with Crippen LogP contribution in [0.4, 0.5) is 0 Å². The molecular formula is C12H18N2O4. The van der Waals surface area contributed by atoms with Crippen LogP contribution in [0.5, 0.6) is 0 Å². The number of hydrogen-bond donors (Lipinski definition) is 0. The summed E-state index contributed by atoms with van der Waals surface area (Å²) in [6.45, 7) is 5.46. The SMILES string of the molecule is Cn1ccn(CCC(=O)OC(C)(C)C)c(=O)c1=O. The van der Waals surface area contributed by atoms with E-state index in [1.165, 1.54) is 28.6 Å². The number of aromatic nitrogens is 2. The molecule has 1 heterocycles. The van der Waals surface area contributed by atoms with Crippen molar-refractivity contribution in [3.05, 3.63) is 33.1 Å². The van der Waals surface area contributed by atoms with Gasteiger partial charge < -0.3 is 13.9 Å². The van der Waals surface area contributed by atoms with Crippen molar-refractivity contribution in [3.8, 4) is 0 Å². The number of ether oxygens (including phenoxy) is 1. The Balaban J connectivity index is 2.71. The number of hydrogen-bond acceptors (Lipinski definition) is 4. The number of esters is 1. The molecule has 18 heavy (non-hydrogen) atoms. The van der Waals surface area contributed by atoms with Crippen LogP contribution in [0.2, 0.25) is 0 Å². The van der Waals surface area contributed by atoms with Gasteiger partial charge in [-0.05, 0) is 20.8 Å². The number of rotatable bonds is 3. The maximum absolute atomic E-state index is 11.6. The summed E-state index contributed by atoms with van der Waals surface area (Å²) in [5.74, 6) is -0.393. The third-order valence-electron chi connectivity index (χ3n) is 2.21. The molecule has 0 aromatic carbocycles. The summed E-state index contributed by atoms with van der Waals surface area (Å²) in [5, 5.41) is 0. The largest absolute Gasteiger partial charge is 0.460 e. The zero-order valence-corrected chi connectivity index (χ0v) is 11.1. The van der Waals surface area contributed by atoms with Gasteiger partial charge in [-0.15, -0.1) is 0 Å². The maximum atomic E-state index is 11.6. The molecule has 0 N–H and O–H groups in total. The van der Waals surface area contributed by atoms with Crippen LogP contribution in [0.1, 0.15) is 27.2 Å². The third kappa shape index (κ3) is 3.87. The molecule has 0 aliphatic rings. The molecule has 100 valence electrons. The zero-order valence-electron chi connectivity index (χ0n) is 11.1. The minimum absolute atomic E-state index is 0.0599. The van der Waals surface area contributed by atoms with Gasteiger partial charge in [0.05, 0.1) is 6.42 Å². The van der Waals surface area contributed by atoms with Crippen molar-refractivity contribution in [2.45, 2.75) is 39.3 Å². The summed E-state index contributed by atoms with van der Waals surface area (Å²) in [6, 6.07) is 0. The van der Waals surface area contributed by atoms with E-state index in [4.69, 9.17) is 4.74 Å². The van der Waals surface area contributed by atoms with Crippen LogP contribution in [0.15, 0.2) is 22.0 Å². The Morgan fingerprint density at radius 2 is 1.83 bits per heavy atom. The molecule has 0 saturated carbocycles. The minimum atomic E-state index is -0.636. The van der Waals surface area contributed by atoms with Gasteiger partial charge >= 0.3 is 17.1 Å². The van der Waals surface area contributed by atoms with E-state index in [9.17, 15) is 14.4 Å². The fourth-order valence-electron chi connectivity index (χ4n) is 1.37. The molecule has 0 aliphatic carbocycles. The van der Waals surface area contributed by atoms with Crippen LogP contribution in [-0.2, 0) is 23.1 Å². The summed E-state index contributed by atoms with van der Waals surface area (Å²) in [6.07, 6.45) is 3.03. The smallest absolute Gasteiger partial charge is 0.316 e. The normalized spacial score (nSPS) is 11.3. The lowest BCUT2D eigenvalue weighted by Crippen LogP contribution is -2.39. The molecule has 0 aliphatic heterocycles. The van der Waals surface area contributed by atoms with Gasteiger partial charge in [-0.2, -0.15) is 0 Å². The van der Waals surface area contributed by atoms with E-state index < -0.39 is 22.7 Å². The van der Waals surface area contributed by atoms with Crippen LogP contribution in [0.25, 0.3) is 0 Å². The van der Waals surface area contributed by atoms with Crippen molar-refractivity contribution in [2.75, 3.05) is 0 Å². The van der Waals surface area contributed by atoms with Crippen molar-refractivity contribution in [3.63, 3.8) is 0 Å². The van der Waals surface area contributed by atoms with Gasteiger partial charge in [0.15, 0.2) is 0 Å². The van der Waals surface area contributed by atoms with Crippen LogP contribution in [-0.4, -0.2) is 20.7 Å². The average Bonchev–Trinajstić information content (AvgIpc) is 2.22. The highest BCUT2D eigenvalue weighted by atomic mass is 16.6. The molecule has 0 saturated heterocycles. The minimum Gasteiger partial charge on any atom is -0.460 e. The van der Waals surface area contributed by atoms with Crippen molar-refractivity contribution >= 4 is 5.97 Å². The predicted molar refractivity (Wildman–Crippen MR) is 66.4 cm³/mol. The van der Waals surface area contributed by atoms with Crippen LogP contribution in [0, 0.1) is 0 Å². The molecule has 6 nitrogen and oxygen atoms in total. The first-order chi connectivity index (χ1) is 8.20. The topological polar surface area (TPSA) is 70.3 Å². The van der Waals surface area contributed by atoms with E-state index in [2.05, 4.69) is 0 Å². The summed E-state index contributed by atoms with van der Waals surface area (Å²) in [7, 11) is 1.50. The van der Waals surface area contributed by atoms with Crippen molar-refractivity contribution in [1.29, 1.82) is 0 Å². The molecule has 0 spiro atoms. The lowest BCUT2D eigenvalue weighted by atomic mass is 10.2. The van der Waals surface area contributed by atoms with Gasteiger partial charge in [0.1, 0.15) is 5.60 Å². The summed E-state index contributed by atoms with van der Waals surface area (Å²) in [4.78, 5) is 34.4. The maximum Gasteiger partial charge on any atom is 0.316 e. The Morgan fingerprint density at radius 1 is 1.22 bits per heavy atom. The molecule has 0 atom stereocenters. The fraction of sp³-hybridized carbons (Fsp3) is 0.583. The summed E-state index contributed by atoms with van der Waals surface area (Å²) < 4.78 is 7.53. The zero-order chi connectivity index (χ0) is 13.9. The molecule has 0 fully saturated rings. The molecule has 1 rings (SSSR count). The van der Waals surface area contributed by atoms with E-state index in [0.717, 1.165) is 0 Å². The lowest BCUT2D eigenvalue weighted by molar-refractivity contribution is -0.155. The molecule has 1 aromatic heterocycles. The van der Waals surface area contributed by atoms with Gasteiger partial charge in [0, 0.05) is 26.0 Å². The fourth-order valence-corrected chi connectivity index (χ4v) is 1.37. The first kappa shape index (κ1) is 14.2. The van der Waals surface area contributed by atoms with Crippen LogP contribution < -0.4 is 11.1 Å². The Hall–Kier alpha value is -1.85. The second-order valence-electron chi connectivity index (χ2n) is 5.05. The number of aryl methyl sites for hydroxylation is 2. The third-order valence-corrected chi connectivity index (χ3v) is 2.21. The highest BCUT2D eigenvalue weighted by Gasteiger charge is 2.16. The monoisotopic (exact) mass is 254 g/mol. The Labute approximate surface area is 105 Å². The quantitative estimate of drug-likeness (QED) is 0.574. The average molecular weight is 254 g/mol. The Morgan fingerprint density at radius 3 is 2.39 bits per heavy atom. The highest BCUT2D eigenvalue weighted by Crippen LogP contribution is 2.08. The van der Waals surface area contributed by atoms with Crippen molar-refractivity contribution < 1.29 is 9.53 Å². The number of carbonyl (C=O) groups excluding carboxylic acids is 1. The second kappa shape index (κ2) is 5.20. The van der Waals surface area contributed by atoms with E-state index in [1.807, 2.05) is 0 Å². The molecule has 6 heteroatoms. The highest BCUT2D eigenvalue weighted by molar-refractivity contribution is 5.69. The van der Waals surface area contributed by atoms with Gasteiger partial charge in [0.25, 0.3) is 0 Å². The second-order valence-corrected chi connectivity index (χ2v) is 5.05. The molecular weight excluding hydrogens is 236 g/mol.